The SMILES string of the molecule is COC(=O)c1nc(-c2cc(C#C[C@]3(O)CNC(C)C3=O)c(F)cc2F)ccc1N. The molecule has 7 nitrogen and oxygen atoms in total. The molecule has 0 amide bonds. The van der Waals surface area contributed by atoms with Gasteiger partial charge in [0, 0.05) is 18.2 Å². The van der Waals surface area contributed by atoms with Crippen molar-refractivity contribution in [2.45, 2.75) is 18.6 Å². The van der Waals surface area contributed by atoms with Crippen LogP contribution in [0.3, 0.4) is 0 Å². The Hall–Kier alpha value is -3.35. The number of nitrogens with zero attached hydrogens (tertiary/aromatic N) is 1. The van der Waals surface area contributed by atoms with E-state index in [0.717, 1.165) is 13.2 Å². The van der Waals surface area contributed by atoms with Crippen LogP contribution in [0.4, 0.5) is 14.5 Å². The number of nitrogen functional groups attached to an aromatic ring is 1. The van der Waals surface area contributed by atoms with E-state index in [1.54, 1.807) is 6.92 Å². The molecule has 1 aliphatic heterocycles. The number of Topliss-reactive ketones (excluding diaryl/α,β-unsaturated/α-hetero) is 1. The number of methoxy groups -OCH3 is 1. The fourth-order valence-electron chi connectivity index (χ4n) is 2.84. The highest BCUT2D eigenvalue weighted by Crippen LogP contribution is 2.26. The zero-order chi connectivity index (χ0) is 21.3. The van der Waals surface area contributed by atoms with Gasteiger partial charge in [0.1, 0.15) is 11.6 Å². The third kappa shape index (κ3) is 3.81. The number of nitrogens with one attached hydrogen (secondary N) is 1. The lowest BCUT2D eigenvalue weighted by atomic mass is 9.98. The molecule has 0 radical (unpaired) electrons. The number of anilines is 1. The summed E-state index contributed by atoms with van der Waals surface area (Å²) < 4.78 is 33.2. The van der Waals surface area contributed by atoms with Gasteiger partial charge in [0.05, 0.1) is 30.1 Å². The number of benzene rings is 1. The van der Waals surface area contributed by atoms with Gasteiger partial charge < -0.3 is 20.9 Å². The van der Waals surface area contributed by atoms with E-state index in [0.29, 0.717) is 6.07 Å². The van der Waals surface area contributed by atoms with Crippen molar-refractivity contribution in [3.05, 3.63) is 47.2 Å². The predicted octanol–water partition coefficient (Wildman–Crippen LogP) is 1.04. The number of β-amino-alcohol motifs (C(OH)–C–C–N with tert-alkyl or cyclic N) is 1. The third-order valence-corrected chi connectivity index (χ3v) is 4.51. The van der Waals surface area contributed by atoms with Crippen molar-refractivity contribution in [1.29, 1.82) is 0 Å². The fourth-order valence-corrected chi connectivity index (χ4v) is 2.84. The number of hydrogen-bond acceptors (Lipinski definition) is 7. The molecule has 2 heterocycles. The van der Waals surface area contributed by atoms with Gasteiger partial charge in [-0.25, -0.2) is 18.6 Å². The normalized spacial score (nSPS) is 20.9. The van der Waals surface area contributed by atoms with Gasteiger partial charge in [-0.3, -0.25) is 4.79 Å². The van der Waals surface area contributed by atoms with Crippen molar-refractivity contribution in [3.8, 4) is 23.1 Å². The molecular weight excluding hydrogens is 384 g/mol. The molecule has 1 aromatic carbocycles. The Morgan fingerprint density at radius 1 is 1.38 bits per heavy atom. The lowest BCUT2D eigenvalue weighted by molar-refractivity contribution is -0.128. The van der Waals surface area contributed by atoms with Gasteiger partial charge >= 0.3 is 5.97 Å². The molecular formula is C20H17F2N3O4. The highest BCUT2D eigenvalue weighted by molar-refractivity contribution is 5.97. The van der Waals surface area contributed by atoms with E-state index >= 15 is 0 Å². The van der Waals surface area contributed by atoms with Gasteiger partial charge in [0.15, 0.2) is 17.1 Å². The van der Waals surface area contributed by atoms with Crippen LogP contribution in [0.25, 0.3) is 11.3 Å². The van der Waals surface area contributed by atoms with E-state index in [1.165, 1.54) is 12.1 Å². The van der Waals surface area contributed by atoms with Gasteiger partial charge in [0.2, 0.25) is 0 Å². The first-order chi connectivity index (χ1) is 13.7. The van der Waals surface area contributed by atoms with Crippen molar-refractivity contribution in [2.75, 3.05) is 19.4 Å². The molecule has 2 atom stereocenters. The molecule has 1 fully saturated rings. The minimum absolute atomic E-state index is 0.00564. The van der Waals surface area contributed by atoms with Crippen molar-refractivity contribution >= 4 is 17.4 Å². The van der Waals surface area contributed by atoms with Crippen LogP contribution in [0.5, 0.6) is 0 Å². The highest BCUT2D eigenvalue weighted by atomic mass is 19.1. The predicted molar refractivity (Wildman–Crippen MR) is 99.6 cm³/mol. The second-order valence-electron chi connectivity index (χ2n) is 6.51. The third-order valence-electron chi connectivity index (χ3n) is 4.51. The average Bonchev–Trinajstić information content (AvgIpc) is 2.95. The number of rotatable bonds is 2. The fraction of sp³-hybridized carbons (Fsp3) is 0.250. The molecule has 3 rings (SSSR count). The minimum Gasteiger partial charge on any atom is -0.464 e. The van der Waals surface area contributed by atoms with E-state index in [2.05, 4.69) is 26.9 Å². The maximum Gasteiger partial charge on any atom is 0.358 e. The molecule has 4 N–H and O–H groups in total. The summed E-state index contributed by atoms with van der Waals surface area (Å²) in [6.45, 7) is 1.47. The Kier molecular flexibility index (Phi) is 5.33. The molecule has 2 aromatic rings. The maximum absolute atomic E-state index is 14.4. The molecule has 150 valence electrons. The Morgan fingerprint density at radius 3 is 2.72 bits per heavy atom. The molecule has 1 aliphatic rings. The Bertz CT molecular complexity index is 1080. The van der Waals surface area contributed by atoms with E-state index in [9.17, 15) is 23.5 Å². The van der Waals surface area contributed by atoms with Gasteiger partial charge in [-0.05, 0) is 25.1 Å². The number of aliphatic hydroxyl groups is 1. The monoisotopic (exact) mass is 401 g/mol. The molecule has 1 saturated heterocycles. The van der Waals surface area contributed by atoms with Gasteiger partial charge in [-0.15, -0.1) is 0 Å². The number of aromatic nitrogens is 1. The van der Waals surface area contributed by atoms with E-state index in [-0.39, 0.29) is 34.7 Å². The van der Waals surface area contributed by atoms with Crippen molar-refractivity contribution in [2.24, 2.45) is 0 Å². The average molecular weight is 401 g/mol. The van der Waals surface area contributed by atoms with Crippen molar-refractivity contribution < 1.29 is 28.2 Å². The van der Waals surface area contributed by atoms with Crippen LogP contribution in [0.2, 0.25) is 0 Å². The summed E-state index contributed by atoms with van der Waals surface area (Å²) >= 11 is 0. The number of esters is 1. The molecule has 29 heavy (non-hydrogen) atoms. The smallest absolute Gasteiger partial charge is 0.358 e. The first kappa shape index (κ1) is 20.4. The standard InChI is InChI=1S/C20H17F2N3O4/c1-10-18(26)20(28,9-24-10)6-5-11-7-12(14(22)8-13(11)21)16-4-3-15(23)17(25-16)19(27)29-2/h3-4,7-8,10,24,28H,9,23H2,1-2H3/t10?,20-/m0/s1. The topological polar surface area (TPSA) is 115 Å². The molecule has 0 bridgehead atoms. The van der Waals surface area contributed by atoms with Gasteiger partial charge in [-0.1, -0.05) is 11.8 Å². The van der Waals surface area contributed by atoms with Crippen LogP contribution in [0.1, 0.15) is 23.0 Å². The summed E-state index contributed by atoms with van der Waals surface area (Å²) in [7, 11) is 1.15. The van der Waals surface area contributed by atoms with Gasteiger partial charge in [0.25, 0.3) is 0 Å². The number of carbonyl (C=O) groups excluding carboxylic acids is 2. The quantitative estimate of drug-likeness (QED) is 0.509. The van der Waals surface area contributed by atoms with Crippen LogP contribution in [-0.4, -0.2) is 47.1 Å². The van der Waals surface area contributed by atoms with E-state index in [4.69, 9.17) is 5.73 Å². The largest absolute Gasteiger partial charge is 0.464 e. The lowest BCUT2D eigenvalue weighted by Crippen LogP contribution is -2.37. The first-order valence-corrected chi connectivity index (χ1v) is 8.54. The summed E-state index contributed by atoms with van der Waals surface area (Å²) in [5.41, 5.74) is 3.16. The molecule has 0 aliphatic carbocycles. The zero-order valence-electron chi connectivity index (χ0n) is 15.5. The Balaban J connectivity index is 2.05. The number of nitrogens with two attached hydrogens (primary N) is 1. The number of pyridine rings is 1. The molecule has 0 spiro atoms. The molecule has 0 saturated carbocycles. The molecule has 1 aromatic heterocycles. The van der Waals surface area contributed by atoms with Crippen molar-refractivity contribution in [1.82, 2.24) is 10.3 Å². The lowest BCUT2D eigenvalue weighted by Gasteiger charge is -2.11. The van der Waals surface area contributed by atoms with Crippen LogP contribution in [0.15, 0.2) is 24.3 Å². The number of ketones is 1. The summed E-state index contributed by atoms with van der Waals surface area (Å²) in [5, 5.41) is 13.1. The number of halogens is 2. The first-order valence-electron chi connectivity index (χ1n) is 8.54. The second kappa shape index (κ2) is 7.58. The minimum atomic E-state index is -1.96. The maximum atomic E-state index is 14.4. The Labute approximate surface area is 164 Å². The van der Waals surface area contributed by atoms with Crippen LogP contribution in [0, 0.1) is 23.5 Å². The van der Waals surface area contributed by atoms with E-state index < -0.39 is 35.0 Å². The summed E-state index contributed by atoms with van der Waals surface area (Å²) in [5.74, 6) is 1.50. The number of carbonyl (C=O) groups is 2. The Morgan fingerprint density at radius 2 is 2.10 bits per heavy atom. The van der Waals surface area contributed by atoms with Crippen molar-refractivity contribution in [3.63, 3.8) is 0 Å². The van der Waals surface area contributed by atoms with Crippen LogP contribution < -0.4 is 11.1 Å². The number of hydrogen-bond donors (Lipinski definition) is 3. The van der Waals surface area contributed by atoms with E-state index in [1.807, 2.05) is 0 Å². The number of ether oxygens (including phenoxy) is 1. The summed E-state index contributed by atoms with van der Waals surface area (Å²) in [6.07, 6.45) is 0. The zero-order valence-corrected chi connectivity index (χ0v) is 15.5. The summed E-state index contributed by atoms with van der Waals surface area (Å²) in [4.78, 5) is 27.8. The molecule has 1 unspecified atom stereocenters. The molecule has 9 heteroatoms. The van der Waals surface area contributed by atoms with Crippen LogP contribution in [-0.2, 0) is 9.53 Å². The summed E-state index contributed by atoms with van der Waals surface area (Å²) in [6, 6.07) is 3.80. The highest BCUT2D eigenvalue weighted by Gasteiger charge is 2.43. The van der Waals surface area contributed by atoms with Gasteiger partial charge in [-0.2, -0.15) is 0 Å². The van der Waals surface area contributed by atoms with Crippen LogP contribution >= 0.6 is 0 Å². The second-order valence-corrected chi connectivity index (χ2v) is 6.51.